The number of aromatic amines is 1. The minimum absolute atomic E-state index is 0.00162. The summed E-state index contributed by atoms with van der Waals surface area (Å²) in [4.78, 5) is 37.0. The zero-order valence-electron chi connectivity index (χ0n) is 21.8. The lowest BCUT2D eigenvalue weighted by atomic mass is 10.0. The molecule has 2 amide bonds. The summed E-state index contributed by atoms with van der Waals surface area (Å²) < 4.78 is 11.5. The first-order valence-electron chi connectivity index (χ1n) is 13.2. The number of hydrogen-bond acceptors (Lipinski definition) is 8. The molecule has 3 aliphatic heterocycles. The molecule has 3 saturated heterocycles. The van der Waals surface area contributed by atoms with Crippen LogP contribution in [0.15, 0.2) is 30.3 Å². The number of ether oxygens (including phenoxy) is 2. The Bertz CT molecular complexity index is 1320. The summed E-state index contributed by atoms with van der Waals surface area (Å²) in [7, 11) is 3.82. The van der Waals surface area contributed by atoms with Crippen molar-refractivity contribution in [3.63, 3.8) is 0 Å². The lowest BCUT2D eigenvalue weighted by Crippen LogP contribution is -2.35. The van der Waals surface area contributed by atoms with Gasteiger partial charge in [-0.2, -0.15) is 4.98 Å². The summed E-state index contributed by atoms with van der Waals surface area (Å²) in [6.07, 6.45) is 1.95. The van der Waals surface area contributed by atoms with Crippen LogP contribution >= 0.6 is 0 Å². The first kappa shape index (κ1) is 24.6. The van der Waals surface area contributed by atoms with E-state index in [9.17, 15) is 9.59 Å². The predicted octanol–water partition coefficient (Wildman–Crippen LogP) is 2.07. The third kappa shape index (κ3) is 4.90. The average molecular weight is 520 g/mol. The molecule has 1 unspecified atom stereocenters. The van der Waals surface area contributed by atoms with Crippen molar-refractivity contribution in [1.29, 1.82) is 0 Å². The van der Waals surface area contributed by atoms with E-state index in [-0.39, 0.29) is 23.7 Å². The number of anilines is 1. The highest BCUT2D eigenvalue weighted by Crippen LogP contribution is 2.33. The number of nitrogens with zero attached hydrogens (tertiary/aromatic N) is 6. The van der Waals surface area contributed by atoms with E-state index in [1.54, 1.807) is 12.1 Å². The van der Waals surface area contributed by atoms with Gasteiger partial charge in [-0.25, -0.2) is 0 Å². The van der Waals surface area contributed by atoms with E-state index >= 15 is 0 Å². The van der Waals surface area contributed by atoms with Gasteiger partial charge in [-0.05, 0) is 43.0 Å². The molecule has 2 aromatic heterocycles. The van der Waals surface area contributed by atoms with Gasteiger partial charge in [0.1, 0.15) is 11.3 Å². The van der Waals surface area contributed by atoms with Crippen LogP contribution in [-0.4, -0.2) is 102 Å². The second-order valence-corrected chi connectivity index (χ2v) is 10.8. The molecule has 3 aromatic rings. The van der Waals surface area contributed by atoms with Crippen LogP contribution in [0.25, 0.3) is 11.0 Å². The van der Waals surface area contributed by atoms with Gasteiger partial charge in [0.2, 0.25) is 5.88 Å². The smallest absolute Gasteiger partial charge is 0.254 e. The van der Waals surface area contributed by atoms with Gasteiger partial charge in [-0.15, -0.1) is 5.10 Å². The molecule has 11 nitrogen and oxygen atoms in total. The summed E-state index contributed by atoms with van der Waals surface area (Å²) in [6.45, 7) is 4.65. The molecule has 2 atom stereocenters. The zero-order valence-corrected chi connectivity index (χ0v) is 21.8. The normalized spacial score (nSPS) is 21.6. The highest BCUT2D eigenvalue weighted by atomic mass is 16.5. The number of likely N-dealkylation sites (tertiary alicyclic amines) is 2. The maximum Gasteiger partial charge on any atom is 0.254 e. The van der Waals surface area contributed by atoms with Crippen LogP contribution in [0.4, 0.5) is 5.82 Å². The predicted molar refractivity (Wildman–Crippen MR) is 140 cm³/mol. The standard InChI is InChI=1S/C27H33N7O4/c1-32(2)24-10-19(11-25(28-24)38-16-17-5-7-37-8-6-17)27(36)34-14-20-12-33(13-21(20)15-34)26(35)18-3-4-22-23(9-18)30-31-29-22/h3-4,9-11,17,20-21H,5-8,12-16H2,1-2H3,(H,29,30,31)/t20-,21?/m0/s1. The molecule has 0 bridgehead atoms. The summed E-state index contributed by atoms with van der Waals surface area (Å²) in [6, 6.07) is 9.00. The first-order chi connectivity index (χ1) is 18.4. The van der Waals surface area contributed by atoms with Crippen molar-refractivity contribution in [3.8, 4) is 5.88 Å². The second kappa shape index (κ2) is 10.2. The number of hydrogen-bond donors (Lipinski definition) is 1. The van der Waals surface area contributed by atoms with E-state index in [0.29, 0.717) is 67.0 Å². The fourth-order valence-electron chi connectivity index (χ4n) is 5.70. The van der Waals surface area contributed by atoms with Gasteiger partial charge in [0.25, 0.3) is 11.8 Å². The number of benzene rings is 1. The van der Waals surface area contributed by atoms with E-state index < -0.39 is 0 Å². The van der Waals surface area contributed by atoms with Gasteiger partial charge in [0.05, 0.1) is 12.1 Å². The molecule has 11 heteroatoms. The van der Waals surface area contributed by atoms with Crippen molar-refractivity contribution in [2.75, 3.05) is 65.0 Å². The maximum absolute atomic E-state index is 13.6. The monoisotopic (exact) mass is 519 g/mol. The number of amides is 2. The minimum Gasteiger partial charge on any atom is -0.477 e. The Morgan fingerprint density at radius 2 is 1.68 bits per heavy atom. The molecule has 200 valence electrons. The summed E-state index contributed by atoms with van der Waals surface area (Å²) in [5, 5.41) is 10.6. The van der Waals surface area contributed by atoms with E-state index in [1.807, 2.05) is 47.0 Å². The zero-order chi connectivity index (χ0) is 26.2. The Balaban J connectivity index is 1.10. The lowest BCUT2D eigenvalue weighted by molar-refractivity contribution is 0.0490. The average Bonchev–Trinajstić information content (AvgIpc) is 3.66. The molecule has 0 aliphatic carbocycles. The number of rotatable bonds is 6. The Hall–Kier alpha value is -3.73. The van der Waals surface area contributed by atoms with Crippen molar-refractivity contribution >= 4 is 28.7 Å². The first-order valence-corrected chi connectivity index (χ1v) is 13.2. The lowest BCUT2D eigenvalue weighted by Gasteiger charge is -2.24. The Morgan fingerprint density at radius 3 is 2.37 bits per heavy atom. The fraction of sp³-hybridized carbons (Fsp3) is 0.519. The van der Waals surface area contributed by atoms with E-state index in [4.69, 9.17) is 9.47 Å². The number of H-pyrrole nitrogens is 1. The Morgan fingerprint density at radius 1 is 1.00 bits per heavy atom. The third-order valence-electron chi connectivity index (χ3n) is 7.93. The van der Waals surface area contributed by atoms with Crippen LogP contribution < -0.4 is 9.64 Å². The number of nitrogens with one attached hydrogen (secondary N) is 1. The number of carbonyl (C=O) groups is 2. The van der Waals surface area contributed by atoms with Gasteiger partial charge >= 0.3 is 0 Å². The molecule has 1 N–H and O–H groups in total. The van der Waals surface area contributed by atoms with Crippen molar-refractivity contribution < 1.29 is 19.1 Å². The summed E-state index contributed by atoms with van der Waals surface area (Å²) in [5.74, 6) is 2.11. The van der Waals surface area contributed by atoms with Gasteiger partial charge in [0, 0.05) is 82.5 Å². The molecule has 3 fully saturated rings. The third-order valence-corrected chi connectivity index (χ3v) is 7.93. The van der Waals surface area contributed by atoms with Gasteiger partial charge in [-0.3, -0.25) is 14.7 Å². The summed E-state index contributed by atoms with van der Waals surface area (Å²) in [5.41, 5.74) is 2.68. The van der Waals surface area contributed by atoms with Crippen LogP contribution in [0, 0.1) is 17.8 Å². The van der Waals surface area contributed by atoms with Crippen LogP contribution in [0.2, 0.25) is 0 Å². The number of carbonyl (C=O) groups excluding carboxylic acids is 2. The second-order valence-electron chi connectivity index (χ2n) is 10.8. The van der Waals surface area contributed by atoms with E-state index in [1.165, 1.54) is 0 Å². The highest BCUT2D eigenvalue weighted by Gasteiger charge is 2.43. The fourth-order valence-corrected chi connectivity index (χ4v) is 5.70. The molecule has 3 aliphatic rings. The maximum atomic E-state index is 13.6. The number of aromatic nitrogens is 4. The van der Waals surface area contributed by atoms with E-state index in [2.05, 4.69) is 20.4 Å². The molecular weight excluding hydrogens is 486 g/mol. The van der Waals surface area contributed by atoms with Crippen molar-refractivity contribution in [1.82, 2.24) is 30.2 Å². The van der Waals surface area contributed by atoms with Crippen molar-refractivity contribution in [3.05, 3.63) is 41.5 Å². The van der Waals surface area contributed by atoms with Gasteiger partial charge in [0.15, 0.2) is 0 Å². The molecule has 0 saturated carbocycles. The van der Waals surface area contributed by atoms with Crippen LogP contribution in [0.1, 0.15) is 33.6 Å². The molecule has 1 aromatic carbocycles. The molecule has 0 radical (unpaired) electrons. The van der Waals surface area contributed by atoms with Crippen LogP contribution in [0.3, 0.4) is 0 Å². The SMILES string of the molecule is CN(C)c1cc(C(=O)N2CC3CN(C(=O)c4ccc5[nH]nnc5c4)C[C@H]3C2)cc(OCC2CCOCC2)n1. The van der Waals surface area contributed by atoms with Gasteiger partial charge < -0.3 is 24.2 Å². The number of fused-ring (bicyclic) bond motifs is 2. The summed E-state index contributed by atoms with van der Waals surface area (Å²) >= 11 is 0. The molecule has 38 heavy (non-hydrogen) atoms. The molecule has 5 heterocycles. The van der Waals surface area contributed by atoms with Crippen LogP contribution in [-0.2, 0) is 4.74 Å². The molecular formula is C27H33N7O4. The van der Waals surface area contributed by atoms with E-state index in [0.717, 1.165) is 31.6 Å². The highest BCUT2D eigenvalue weighted by molar-refractivity contribution is 5.98. The quantitative estimate of drug-likeness (QED) is 0.526. The van der Waals surface area contributed by atoms with Crippen molar-refractivity contribution in [2.45, 2.75) is 12.8 Å². The Labute approximate surface area is 221 Å². The number of pyridine rings is 1. The largest absolute Gasteiger partial charge is 0.477 e. The molecule has 6 rings (SSSR count). The van der Waals surface area contributed by atoms with Crippen molar-refractivity contribution in [2.24, 2.45) is 17.8 Å². The Kier molecular flexibility index (Phi) is 6.61. The molecule has 0 spiro atoms. The minimum atomic E-state index is -0.0184. The van der Waals surface area contributed by atoms with Gasteiger partial charge in [-0.1, -0.05) is 5.21 Å². The van der Waals surface area contributed by atoms with Crippen LogP contribution in [0.5, 0.6) is 5.88 Å². The topological polar surface area (TPSA) is 117 Å².